The van der Waals surface area contributed by atoms with Crippen molar-refractivity contribution in [2.75, 3.05) is 13.1 Å². The Morgan fingerprint density at radius 1 is 1.36 bits per heavy atom. The highest BCUT2D eigenvalue weighted by atomic mass is 16.1. The van der Waals surface area contributed by atoms with Crippen molar-refractivity contribution >= 4 is 5.78 Å². The van der Waals surface area contributed by atoms with Crippen LogP contribution in [0.5, 0.6) is 0 Å². The monoisotopic (exact) mass is 197 g/mol. The second-order valence-electron chi connectivity index (χ2n) is 5.04. The average Bonchev–Trinajstić information content (AvgIpc) is 2.45. The first-order valence-corrected chi connectivity index (χ1v) is 5.68. The van der Waals surface area contributed by atoms with Crippen molar-refractivity contribution in [1.29, 1.82) is 0 Å². The summed E-state index contributed by atoms with van der Waals surface area (Å²) in [6.07, 6.45) is 0.918. The van der Waals surface area contributed by atoms with Gasteiger partial charge in [0, 0.05) is 13.1 Å². The summed E-state index contributed by atoms with van der Waals surface area (Å²) in [6.45, 7) is 12.6. The molecule has 0 bridgehead atoms. The van der Waals surface area contributed by atoms with Crippen LogP contribution in [-0.4, -0.2) is 29.3 Å². The van der Waals surface area contributed by atoms with E-state index in [0.717, 1.165) is 31.3 Å². The molecule has 0 aromatic heterocycles. The summed E-state index contributed by atoms with van der Waals surface area (Å²) < 4.78 is 0. The first kappa shape index (κ1) is 11.7. The Bertz CT molecular complexity index is 216. The molecule has 1 fully saturated rings. The molecule has 0 N–H and O–H groups in total. The van der Waals surface area contributed by atoms with Gasteiger partial charge in [0.05, 0.1) is 5.54 Å². The Kier molecular flexibility index (Phi) is 3.36. The second-order valence-corrected chi connectivity index (χ2v) is 5.04. The minimum Gasteiger partial charge on any atom is -0.298 e. The van der Waals surface area contributed by atoms with Crippen molar-refractivity contribution in [3.8, 4) is 0 Å². The molecule has 1 heterocycles. The van der Waals surface area contributed by atoms with Crippen molar-refractivity contribution in [2.45, 2.75) is 46.6 Å². The van der Waals surface area contributed by atoms with Crippen LogP contribution in [0.25, 0.3) is 0 Å². The van der Waals surface area contributed by atoms with Crippen LogP contribution in [0.4, 0.5) is 0 Å². The lowest BCUT2D eigenvalue weighted by atomic mass is 9.92. The fraction of sp³-hybridized carbons (Fsp3) is 0.917. The quantitative estimate of drug-likeness (QED) is 0.692. The average molecular weight is 197 g/mol. The van der Waals surface area contributed by atoms with Crippen LogP contribution < -0.4 is 0 Å². The third-order valence-electron chi connectivity index (χ3n) is 4.13. The van der Waals surface area contributed by atoms with Gasteiger partial charge in [-0.3, -0.25) is 9.69 Å². The lowest BCUT2D eigenvalue weighted by Crippen LogP contribution is -2.50. The van der Waals surface area contributed by atoms with Crippen molar-refractivity contribution in [2.24, 2.45) is 11.8 Å². The van der Waals surface area contributed by atoms with E-state index in [1.807, 2.05) is 0 Å². The third-order valence-corrected chi connectivity index (χ3v) is 4.13. The van der Waals surface area contributed by atoms with Crippen LogP contribution in [0.1, 0.15) is 41.0 Å². The molecule has 2 nitrogen and oxygen atoms in total. The molecule has 0 saturated carbocycles. The third kappa shape index (κ3) is 1.85. The lowest BCUT2D eigenvalue weighted by molar-refractivity contribution is -0.127. The highest BCUT2D eigenvalue weighted by molar-refractivity contribution is 5.85. The number of likely N-dealkylation sites (tertiary alicyclic amines) is 1. The van der Waals surface area contributed by atoms with E-state index in [1.54, 1.807) is 6.92 Å². The molecular formula is C12H23NO. The Morgan fingerprint density at radius 2 is 1.79 bits per heavy atom. The maximum Gasteiger partial charge on any atom is 0.149 e. The molecule has 3 atom stereocenters. The van der Waals surface area contributed by atoms with Crippen molar-refractivity contribution in [3.63, 3.8) is 0 Å². The van der Waals surface area contributed by atoms with Gasteiger partial charge in [0.15, 0.2) is 0 Å². The number of hydrogen-bond acceptors (Lipinski definition) is 2. The number of ketones is 1. The standard InChI is InChI=1S/C12H23NO/c1-6-12(5,11(4)14)13-7-9(2)10(3)8-13/h9-10H,6-8H2,1-5H3. The zero-order valence-corrected chi connectivity index (χ0v) is 10.1. The first-order chi connectivity index (χ1) is 6.41. The molecule has 2 heteroatoms. The Hall–Kier alpha value is -0.370. The number of carbonyl (C=O) groups excluding carboxylic acids is 1. The fourth-order valence-electron chi connectivity index (χ4n) is 2.23. The molecule has 0 spiro atoms. The topological polar surface area (TPSA) is 20.3 Å². The van der Waals surface area contributed by atoms with Crippen molar-refractivity contribution in [1.82, 2.24) is 4.90 Å². The highest BCUT2D eigenvalue weighted by Crippen LogP contribution is 2.31. The summed E-state index contributed by atoms with van der Waals surface area (Å²) in [7, 11) is 0. The minimum absolute atomic E-state index is 0.223. The molecule has 1 aliphatic heterocycles. The Balaban J connectivity index is 2.77. The molecule has 82 valence electrons. The van der Waals surface area contributed by atoms with Gasteiger partial charge < -0.3 is 0 Å². The summed E-state index contributed by atoms with van der Waals surface area (Å²) in [6, 6.07) is 0. The molecule has 3 unspecified atom stereocenters. The van der Waals surface area contributed by atoms with Gasteiger partial charge in [-0.05, 0) is 32.1 Å². The minimum atomic E-state index is -0.223. The molecule has 0 radical (unpaired) electrons. The second kappa shape index (κ2) is 4.01. The van der Waals surface area contributed by atoms with E-state index in [2.05, 4.69) is 32.6 Å². The Labute approximate surface area is 87.7 Å². The molecular weight excluding hydrogens is 174 g/mol. The first-order valence-electron chi connectivity index (χ1n) is 5.68. The summed E-state index contributed by atoms with van der Waals surface area (Å²) in [5.41, 5.74) is -0.223. The molecule has 0 aliphatic carbocycles. The zero-order valence-electron chi connectivity index (χ0n) is 10.1. The van der Waals surface area contributed by atoms with E-state index < -0.39 is 0 Å². The molecule has 1 saturated heterocycles. The predicted molar refractivity (Wildman–Crippen MR) is 59.3 cm³/mol. The van der Waals surface area contributed by atoms with Gasteiger partial charge in [-0.25, -0.2) is 0 Å². The SMILES string of the molecule is CCC(C)(C(C)=O)N1CC(C)C(C)C1. The van der Waals surface area contributed by atoms with Crippen molar-refractivity contribution < 1.29 is 4.79 Å². The van der Waals surface area contributed by atoms with Crippen LogP contribution in [0.2, 0.25) is 0 Å². The number of nitrogens with zero attached hydrogens (tertiary/aromatic N) is 1. The molecule has 0 aromatic rings. The summed E-state index contributed by atoms with van der Waals surface area (Å²) in [4.78, 5) is 14.0. The van der Waals surface area contributed by atoms with Crippen LogP contribution >= 0.6 is 0 Å². The van der Waals surface area contributed by atoms with Gasteiger partial charge in [0.25, 0.3) is 0 Å². The number of rotatable bonds is 3. The van der Waals surface area contributed by atoms with E-state index in [-0.39, 0.29) is 5.54 Å². The smallest absolute Gasteiger partial charge is 0.149 e. The number of carbonyl (C=O) groups is 1. The van der Waals surface area contributed by atoms with E-state index >= 15 is 0 Å². The van der Waals surface area contributed by atoms with Gasteiger partial charge in [-0.2, -0.15) is 0 Å². The molecule has 0 amide bonds. The largest absolute Gasteiger partial charge is 0.298 e. The number of Topliss-reactive ketones (excluding diaryl/α,β-unsaturated/α-hetero) is 1. The highest BCUT2D eigenvalue weighted by Gasteiger charge is 2.40. The molecule has 1 aliphatic rings. The van der Waals surface area contributed by atoms with Gasteiger partial charge in [0.2, 0.25) is 0 Å². The van der Waals surface area contributed by atoms with E-state index in [4.69, 9.17) is 0 Å². The fourth-order valence-corrected chi connectivity index (χ4v) is 2.23. The van der Waals surface area contributed by atoms with Crippen LogP contribution in [0.3, 0.4) is 0 Å². The van der Waals surface area contributed by atoms with E-state index in [0.29, 0.717) is 5.78 Å². The summed E-state index contributed by atoms with van der Waals surface area (Å²) >= 11 is 0. The number of hydrogen-bond donors (Lipinski definition) is 0. The van der Waals surface area contributed by atoms with Crippen molar-refractivity contribution in [3.05, 3.63) is 0 Å². The van der Waals surface area contributed by atoms with E-state index in [9.17, 15) is 4.79 Å². The summed E-state index contributed by atoms with van der Waals surface area (Å²) in [5, 5.41) is 0. The van der Waals surface area contributed by atoms with Gasteiger partial charge in [-0.1, -0.05) is 20.8 Å². The van der Waals surface area contributed by atoms with E-state index in [1.165, 1.54) is 0 Å². The van der Waals surface area contributed by atoms with Gasteiger partial charge in [0.1, 0.15) is 5.78 Å². The normalized spacial score (nSPS) is 32.9. The van der Waals surface area contributed by atoms with Crippen LogP contribution in [0, 0.1) is 11.8 Å². The Morgan fingerprint density at radius 3 is 2.07 bits per heavy atom. The molecule has 0 aromatic carbocycles. The van der Waals surface area contributed by atoms with Crippen LogP contribution in [0.15, 0.2) is 0 Å². The maximum atomic E-state index is 11.7. The van der Waals surface area contributed by atoms with Gasteiger partial charge in [-0.15, -0.1) is 0 Å². The lowest BCUT2D eigenvalue weighted by Gasteiger charge is -2.36. The molecule has 1 rings (SSSR count). The summed E-state index contributed by atoms with van der Waals surface area (Å²) in [5.74, 6) is 1.75. The maximum absolute atomic E-state index is 11.7. The molecule has 14 heavy (non-hydrogen) atoms. The zero-order chi connectivity index (χ0) is 10.9. The van der Waals surface area contributed by atoms with Gasteiger partial charge >= 0.3 is 0 Å². The van der Waals surface area contributed by atoms with Crippen LogP contribution in [-0.2, 0) is 4.79 Å². The predicted octanol–water partition coefficient (Wildman–Crippen LogP) is 2.33.